The molecule has 0 bridgehead atoms. The van der Waals surface area contributed by atoms with Gasteiger partial charge in [0.1, 0.15) is 0 Å². The van der Waals surface area contributed by atoms with Gasteiger partial charge in [-0.2, -0.15) is 5.10 Å². The fourth-order valence-electron chi connectivity index (χ4n) is 2.39. The van der Waals surface area contributed by atoms with Crippen LogP contribution in [0.2, 0.25) is 0 Å². The Labute approximate surface area is 86.3 Å². The van der Waals surface area contributed by atoms with Gasteiger partial charge in [0, 0.05) is 5.69 Å². The van der Waals surface area contributed by atoms with Crippen LogP contribution in [0.4, 0.5) is 0 Å². The van der Waals surface area contributed by atoms with Gasteiger partial charge in [0.2, 0.25) is 0 Å². The smallest absolute Gasteiger partial charge is 0.0624 e. The van der Waals surface area contributed by atoms with Crippen LogP contribution in [0.3, 0.4) is 0 Å². The monoisotopic (exact) mass is 192 g/mol. The van der Waals surface area contributed by atoms with Crippen molar-refractivity contribution in [2.75, 3.05) is 0 Å². The Kier molecular flexibility index (Phi) is 2.90. The third-order valence-electron chi connectivity index (χ3n) is 3.26. The molecule has 1 heterocycles. The highest BCUT2D eigenvalue weighted by atomic mass is 15.3. The minimum Gasteiger partial charge on any atom is -0.266 e. The molecule has 0 spiro atoms. The minimum absolute atomic E-state index is 0.699. The molecule has 0 aromatic carbocycles. The van der Waals surface area contributed by atoms with Crippen LogP contribution in [-0.4, -0.2) is 9.78 Å². The molecule has 0 aliphatic heterocycles. The largest absolute Gasteiger partial charge is 0.266 e. The van der Waals surface area contributed by atoms with Crippen molar-refractivity contribution in [2.45, 2.75) is 58.4 Å². The van der Waals surface area contributed by atoms with Gasteiger partial charge in [-0.15, -0.1) is 0 Å². The molecule has 0 saturated heterocycles. The molecule has 0 N–H and O–H groups in total. The molecule has 2 nitrogen and oxygen atoms in total. The number of nitrogens with zero attached hydrogens (tertiary/aromatic N) is 2. The van der Waals surface area contributed by atoms with E-state index in [-0.39, 0.29) is 0 Å². The van der Waals surface area contributed by atoms with E-state index >= 15 is 0 Å². The Balaban J connectivity index is 2.25. The van der Waals surface area contributed by atoms with Crippen LogP contribution in [0, 0.1) is 0 Å². The second-order valence-electron chi connectivity index (χ2n) is 4.22. The molecule has 2 heteroatoms. The molecule has 14 heavy (non-hydrogen) atoms. The quantitative estimate of drug-likeness (QED) is 0.719. The predicted molar refractivity (Wildman–Crippen MR) is 58.5 cm³/mol. The van der Waals surface area contributed by atoms with Gasteiger partial charge in [-0.1, -0.05) is 26.7 Å². The van der Waals surface area contributed by atoms with E-state index in [0.29, 0.717) is 6.04 Å². The van der Waals surface area contributed by atoms with Crippen molar-refractivity contribution in [1.29, 1.82) is 0 Å². The van der Waals surface area contributed by atoms with Crippen molar-refractivity contribution in [1.82, 2.24) is 9.78 Å². The van der Waals surface area contributed by atoms with Gasteiger partial charge in [0.05, 0.1) is 11.7 Å². The summed E-state index contributed by atoms with van der Waals surface area (Å²) >= 11 is 0. The summed E-state index contributed by atoms with van der Waals surface area (Å²) in [6.45, 7) is 4.41. The molecule has 1 aliphatic rings. The van der Waals surface area contributed by atoms with Crippen LogP contribution in [0.5, 0.6) is 0 Å². The van der Waals surface area contributed by atoms with Crippen LogP contribution in [-0.2, 0) is 12.8 Å². The Morgan fingerprint density at radius 3 is 2.57 bits per heavy atom. The number of rotatable bonds is 3. The maximum absolute atomic E-state index is 4.70. The summed E-state index contributed by atoms with van der Waals surface area (Å²) in [5.74, 6) is 0. The molecular formula is C12H20N2. The normalized spacial score (nSPS) is 17.9. The first-order valence-electron chi connectivity index (χ1n) is 5.92. The van der Waals surface area contributed by atoms with Crippen molar-refractivity contribution < 1.29 is 0 Å². The van der Waals surface area contributed by atoms with E-state index in [2.05, 4.69) is 24.6 Å². The first-order valence-corrected chi connectivity index (χ1v) is 5.92. The zero-order chi connectivity index (χ0) is 9.97. The number of hydrogen-bond donors (Lipinski definition) is 0. The van der Waals surface area contributed by atoms with Gasteiger partial charge in [-0.3, -0.25) is 4.68 Å². The molecule has 0 unspecified atom stereocenters. The first-order chi connectivity index (χ1) is 6.85. The SMILES string of the molecule is CCc1cc(CC)n(C2CCCC2)n1. The predicted octanol–water partition coefficient (Wildman–Crippen LogP) is 3.12. The Morgan fingerprint density at radius 1 is 1.29 bits per heavy atom. The summed E-state index contributed by atoms with van der Waals surface area (Å²) in [5.41, 5.74) is 2.68. The fourth-order valence-corrected chi connectivity index (χ4v) is 2.39. The van der Waals surface area contributed by atoms with E-state index in [4.69, 9.17) is 5.10 Å². The third kappa shape index (κ3) is 1.70. The van der Waals surface area contributed by atoms with E-state index in [9.17, 15) is 0 Å². The molecule has 2 rings (SSSR count). The van der Waals surface area contributed by atoms with Gasteiger partial charge in [-0.25, -0.2) is 0 Å². The summed E-state index contributed by atoms with van der Waals surface area (Å²) in [4.78, 5) is 0. The van der Waals surface area contributed by atoms with Crippen molar-refractivity contribution in [2.24, 2.45) is 0 Å². The van der Waals surface area contributed by atoms with Crippen LogP contribution in [0.15, 0.2) is 6.07 Å². The summed E-state index contributed by atoms with van der Waals surface area (Å²) in [5, 5.41) is 4.70. The topological polar surface area (TPSA) is 17.8 Å². The third-order valence-corrected chi connectivity index (χ3v) is 3.26. The van der Waals surface area contributed by atoms with Gasteiger partial charge in [-0.05, 0) is 31.7 Å². The number of aromatic nitrogens is 2. The fraction of sp³-hybridized carbons (Fsp3) is 0.750. The lowest BCUT2D eigenvalue weighted by atomic mass is 10.2. The van der Waals surface area contributed by atoms with Crippen LogP contribution < -0.4 is 0 Å². The number of hydrogen-bond acceptors (Lipinski definition) is 1. The standard InChI is InChI=1S/C12H20N2/c1-3-10-9-11(4-2)14(13-10)12-7-5-6-8-12/h9,12H,3-8H2,1-2H3. The first kappa shape index (κ1) is 9.75. The van der Waals surface area contributed by atoms with E-state index in [1.165, 1.54) is 37.1 Å². The van der Waals surface area contributed by atoms with Crippen LogP contribution >= 0.6 is 0 Å². The molecule has 1 saturated carbocycles. The van der Waals surface area contributed by atoms with Crippen molar-refractivity contribution in [3.8, 4) is 0 Å². The molecule has 1 fully saturated rings. The lowest BCUT2D eigenvalue weighted by molar-refractivity contribution is 0.448. The highest BCUT2D eigenvalue weighted by Crippen LogP contribution is 2.30. The molecular weight excluding hydrogens is 172 g/mol. The summed E-state index contributed by atoms with van der Waals surface area (Å²) in [6, 6.07) is 2.98. The molecule has 1 aromatic rings. The molecule has 1 aliphatic carbocycles. The van der Waals surface area contributed by atoms with E-state index < -0.39 is 0 Å². The zero-order valence-electron chi connectivity index (χ0n) is 9.29. The molecule has 0 atom stereocenters. The zero-order valence-corrected chi connectivity index (χ0v) is 9.29. The summed E-state index contributed by atoms with van der Waals surface area (Å²) < 4.78 is 2.30. The highest BCUT2D eigenvalue weighted by molar-refractivity contribution is 5.11. The number of aryl methyl sites for hydroxylation is 2. The second-order valence-corrected chi connectivity index (χ2v) is 4.22. The Hall–Kier alpha value is -0.790. The van der Waals surface area contributed by atoms with E-state index in [1.54, 1.807) is 0 Å². The lowest BCUT2D eigenvalue weighted by Gasteiger charge is -2.12. The van der Waals surface area contributed by atoms with Crippen molar-refractivity contribution in [3.05, 3.63) is 17.5 Å². The maximum Gasteiger partial charge on any atom is 0.0624 e. The maximum atomic E-state index is 4.70. The Morgan fingerprint density at radius 2 is 2.00 bits per heavy atom. The van der Waals surface area contributed by atoms with E-state index in [1.807, 2.05) is 0 Å². The van der Waals surface area contributed by atoms with Crippen molar-refractivity contribution >= 4 is 0 Å². The minimum atomic E-state index is 0.699. The molecule has 1 aromatic heterocycles. The van der Waals surface area contributed by atoms with Gasteiger partial charge >= 0.3 is 0 Å². The second kappa shape index (κ2) is 4.16. The molecule has 0 amide bonds. The Bertz CT molecular complexity index is 295. The van der Waals surface area contributed by atoms with Crippen molar-refractivity contribution in [3.63, 3.8) is 0 Å². The van der Waals surface area contributed by atoms with Gasteiger partial charge in [0.25, 0.3) is 0 Å². The van der Waals surface area contributed by atoms with Gasteiger partial charge < -0.3 is 0 Å². The average Bonchev–Trinajstić information content (AvgIpc) is 2.85. The highest BCUT2D eigenvalue weighted by Gasteiger charge is 2.19. The van der Waals surface area contributed by atoms with Crippen LogP contribution in [0.1, 0.15) is 57.0 Å². The van der Waals surface area contributed by atoms with Gasteiger partial charge in [0.15, 0.2) is 0 Å². The molecule has 0 radical (unpaired) electrons. The summed E-state index contributed by atoms with van der Waals surface area (Å²) in [6.07, 6.45) is 7.61. The average molecular weight is 192 g/mol. The molecule has 78 valence electrons. The lowest BCUT2D eigenvalue weighted by Crippen LogP contribution is -2.10. The van der Waals surface area contributed by atoms with Crippen LogP contribution in [0.25, 0.3) is 0 Å². The summed E-state index contributed by atoms with van der Waals surface area (Å²) in [7, 11) is 0. The van der Waals surface area contributed by atoms with E-state index in [0.717, 1.165) is 12.8 Å².